The Kier molecular flexibility index (Phi) is 5.41. The highest BCUT2D eigenvalue weighted by Crippen LogP contribution is 2.06. The average molecular weight is 268 g/mol. The van der Waals surface area contributed by atoms with Gasteiger partial charge in [0.2, 0.25) is 0 Å². The van der Waals surface area contributed by atoms with E-state index in [-0.39, 0.29) is 13.3 Å². The number of allylic oxidation sites excluding steroid dienone is 2. The summed E-state index contributed by atoms with van der Waals surface area (Å²) in [4.78, 5) is 24.5. The van der Waals surface area contributed by atoms with Gasteiger partial charge in [-0.25, -0.2) is 4.79 Å². The molecule has 0 bridgehead atoms. The lowest BCUT2D eigenvalue weighted by Crippen LogP contribution is -2.37. The molecule has 1 amide bonds. The fourth-order valence-corrected chi connectivity index (χ4v) is 1.27. The topological polar surface area (TPSA) is 67.9 Å². The summed E-state index contributed by atoms with van der Waals surface area (Å²) in [5.41, 5.74) is -0.584. The van der Waals surface area contributed by atoms with Crippen LogP contribution in [-0.2, 0) is 14.3 Å². The van der Waals surface area contributed by atoms with E-state index in [0.29, 0.717) is 6.54 Å². The number of carbonyl (C=O) groups excluding carboxylic acids is 2. The maximum absolute atomic E-state index is 11.4. The number of nitrogens with one attached hydrogen (secondary N) is 1. The van der Waals surface area contributed by atoms with Crippen LogP contribution in [0.25, 0.3) is 0 Å². The molecule has 1 heterocycles. The van der Waals surface area contributed by atoms with Crippen LogP contribution in [0.4, 0.5) is 4.79 Å². The highest BCUT2D eigenvalue weighted by Gasteiger charge is 2.17. The standard InChI is InChI=1S/C13H20N2O4/c1-13(2,3)19-12(17)14-9-11(16)18-10-15-7-5-4-6-8-15/h4-7H,8-10H2,1-3H3,(H,14,17). The van der Waals surface area contributed by atoms with E-state index < -0.39 is 17.7 Å². The van der Waals surface area contributed by atoms with Crippen molar-refractivity contribution < 1.29 is 19.1 Å². The number of hydrogen-bond acceptors (Lipinski definition) is 5. The molecule has 1 aliphatic heterocycles. The molecule has 1 rings (SSSR count). The van der Waals surface area contributed by atoms with E-state index in [1.54, 1.807) is 20.8 Å². The van der Waals surface area contributed by atoms with E-state index in [4.69, 9.17) is 9.47 Å². The SMILES string of the molecule is CC(C)(C)OC(=O)NCC(=O)OCN1C=CC=CC1. The Labute approximate surface area is 113 Å². The van der Waals surface area contributed by atoms with Gasteiger partial charge in [-0.05, 0) is 26.8 Å². The third-order valence-electron chi connectivity index (χ3n) is 2.05. The van der Waals surface area contributed by atoms with Crippen LogP contribution in [-0.4, -0.2) is 42.4 Å². The van der Waals surface area contributed by atoms with Crippen molar-refractivity contribution in [3.8, 4) is 0 Å². The number of ether oxygens (including phenoxy) is 2. The lowest BCUT2D eigenvalue weighted by molar-refractivity contribution is -0.146. The molecule has 106 valence electrons. The first kappa shape index (κ1) is 15.1. The minimum absolute atomic E-state index is 0.162. The summed E-state index contributed by atoms with van der Waals surface area (Å²) in [5, 5.41) is 2.34. The Bertz CT molecular complexity index is 383. The normalized spacial score (nSPS) is 14.2. The zero-order valence-corrected chi connectivity index (χ0v) is 11.5. The summed E-state index contributed by atoms with van der Waals surface area (Å²) in [7, 11) is 0. The Morgan fingerprint density at radius 1 is 1.32 bits per heavy atom. The molecule has 0 spiro atoms. The van der Waals surface area contributed by atoms with Gasteiger partial charge in [0.05, 0.1) is 0 Å². The van der Waals surface area contributed by atoms with Gasteiger partial charge in [0.25, 0.3) is 0 Å². The number of amides is 1. The highest BCUT2D eigenvalue weighted by molar-refractivity contribution is 5.77. The van der Waals surface area contributed by atoms with E-state index in [9.17, 15) is 9.59 Å². The van der Waals surface area contributed by atoms with Crippen molar-refractivity contribution in [1.82, 2.24) is 10.2 Å². The van der Waals surface area contributed by atoms with Gasteiger partial charge in [-0.2, -0.15) is 0 Å². The maximum atomic E-state index is 11.4. The Morgan fingerprint density at radius 3 is 2.63 bits per heavy atom. The minimum atomic E-state index is -0.634. The summed E-state index contributed by atoms with van der Waals surface area (Å²) in [6, 6.07) is 0. The Morgan fingerprint density at radius 2 is 2.05 bits per heavy atom. The monoisotopic (exact) mass is 268 g/mol. The van der Waals surface area contributed by atoms with Gasteiger partial charge in [-0.15, -0.1) is 0 Å². The maximum Gasteiger partial charge on any atom is 0.408 e. The van der Waals surface area contributed by atoms with Crippen molar-refractivity contribution >= 4 is 12.1 Å². The third kappa shape index (κ3) is 7.13. The molecular formula is C13H20N2O4. The molecule has 0 fully saturated rings. The average Bonchev–Trinajstić information content (AvgIpc) is 2.33. The molecule has 0 saturated carbocycles. The van der Waals surface area contributed by atoms with Crippen LogP contribution in [0.5, 0.6) is 0 Å². The van der Waals surface area contributed by atoms with Crippen LogP contribution in [0, 0.1) is 0 Å². The van der Waals surface area contributed by atoms with Gasteiger partial charge < -0.3 is 19.7 Å². The molecule has 0 unspecified atom stereocenters. The molecule has 0 aliphatic carbocycles. The quantitative estimate of drug-likeness (QED) is 0.780. The van der Waals surface area contributed by atoms with Crippen molar-refractivity contribution in [2.24, 2.45) is 0 Å². The van der Waals surface area contributed by atoms with Crippen LogP contribution in [0.15, 0.2) is 24.4 Å². The van der Waals surface area contributed by atoms with E-state index in [1.807, 2.05) is 29.3 Å². The molecule has 6 nitrogen and oxygen atoms in total. The molecule has 0 atom stereocenters. The molecule has 1 N–H and O–H groups in total. The smallest absolute Gasteiger partial charge is 0.408 e. The van der Waals surface area contributed by atoms with Crippen molar-refractivity contribution in [3.63, 3.8) is 0 Å². The van der Waals surface area contributed by atoms with E-state index in [1.165, 1.54) is 0 Å². The second kappa shape index (κ2) is 6.82. The van der Waals surface area contributed by atoms with Crippen molar-refractivity contribution in [3.05, 3.63) is 24.4 Å². The fourth-order valence-electron chi connectivity index (χ4n) is 1.27. The first-order valence-corrected chi connectivity index (χ1v) is 6.07. The molecule has 6 heteroatoms. The summed E-state index contributed by atoms with van der Waals surface area (Å²) >= 11 is 0. The number of alkyl carbamates (subject to hydrolysis) is 1. The summed E-state index contributed by atoms with van der Waals surface area (Å²) in [6.45, 7) is 5.91. The molecule has 0 saturated heterocycles. The largest absolute Gasteiger partial charge is 0.444 e. The molecule has 0 aromatic heterocycles. The van der Waals surface area contributed by atoms with E-state index in [2.05, 4.69) is 5.32 Å². The van der Waals surface area contributed by atoms with Crippen LogP contribution >= 0.6 is 0 Å². The number of nitrogens with zero attached hydrogens (tertiary/aromatic N) is 1. The number of hydrogen-bond donors (Lipinski definition) is 1. The first-order chi connectivity index (χ1) is 8.87. The molecular weight excluding hydrogens is 248 g/mol. The minimum Gasteiger partial charge on any atom is -0.444 e. The van der Waals surface area contributed by atoms with Crippen molar-refractivity contribution in [2.45, 2.75) is 26.4 Å². The predicted octanol–water partition coefficient (Wildman–Crippen LogP) is 1.40. The van der Waals surface area contributed by atoms with Crippen LogP contribution in [0.1, 0.15) is 20.8 Å². The van der Waals surface area contributed by atoms with Crippen LogP contribution in [0.3, 0.4) is 0 Å². The van der Waals surface area contributed by atoms with Gasteiger partial charge in [0.15, 0.2) is 6.73 Å². The van der Waals surface area contributed by atoms with Crippen molar-refractivity contribution in [1.29, 1.82) is 0 Å². The lowest BCUT2D eigenvalue weighted by atomic mass is 10.2. The Hall–Kier alpha value is -1.98. The summed E-state index contributed by atoms with van der Waals surface area (Å²) in [5.74, 6) is -0.506. The van der Waals surface area contributed by atoms with Crippen LogP contribution < -0.4 is 5.32 Å². The van der Waals surface area contributed by atoms with Crippen LogP contribution in [0.2, 0.25) is 0 Å². The molecule has 19 heavy (non-hydrogen) atoms. The summed E-state index contributed by atoms with van der Waals surface area (Å²) in [6.07, 6.45) is 6.92. The van der Waals surface area contributed by atoms with E-state index >= 15 is 0 Å². The number of rotatable bonds is 4. The molecule has 1 aliphatic rings. The van der Waals surface area contributed by atoms with Gasteiger partial charge >= 0.3 is 12.1 Å². The second-order valence-corrected chi connectivity index (χ2v) is 5.04. The zero-order valence-electron chi connectivity index (χ0n) is 11.5. The second-order valence-electron chi connectivity index (χ2n) is 5.04. The van der Waals surface area contributed by atoms with Gasteiger partial charge in [0.1, 0.15) is 12.1 Å². The van der Waals surface area contributed by atoms with Gasteiger partial charge in [-0.3, -0.25) is 4.79 Å². The number of esters is 1. The number of carbonyl (C=O) groups is 2. The fraction of sp³-hybridized carbons (Fsp3) is 0.538. The predicted molar refractivity (Wildman–Crippen MR) is 70.2 cm³/mol. The van der Waals surface area contributed by atoms with Gasteiger partial charge in [0, 0.05) is 12.7 Å². The molecule has 0 radical (unpaired) electrons. The summed E-state index contributed by atoms with van der Waals surface area (Å²) < 4.78 is 9.99. The van der Waals surface area contributed by atoms with E-state index in [0.717, 1.165) is 0 Å². The highest BCUT2D eigenvalue weighted by atomic mass is 16.6. The zero-order chi connectivity index (χ0) is 14.3. The third-order valence-corrected chi connectivity index (χ3v) is 2.05. The van der Waals surface area contributed by atoms with Crippen molar-refractivity contribution in [2.75, 3.05) is 19.8 Å². The first-order valence-electron chi connectivity index (χ1n) is 6.07. The lowest BCUT2D eigenvalue weighted by Gasteiger charge is -2.21. The Balaban J connectivity index is 2.16. The molecule has 0 aromatic carbocycles. The molecule has 0 aromatic rings. The van der Waals surface area contributed by atoms with Gasteiger partial charge in [-0.1, -0.05) is 12.2 Å².